The Morgan fingerprint density at radius 1 is 1.36 bits per heavy atom. The van der Waals surface area contributed by atoms with Crippen LogP contribution in [0, 0.1) is 23.0 Å². The van der Waals surface area contributed by atoms with Crippen molar-refractivity contribution in [3.63, 3.8) is 0 Å². The average Bonchev–Trinajstić information content (AvgIpc) is 2.36. The zero-order valence-corrected chi connectivity index (χ0v) is 14.4. The van der Waals surface area contributed by atoms with E-state index in [-0.39, 0.29) is 35.6 Å². The molecule has 1 rings (SSSR count). The first-order valence-corrected chi connectivity index (χ1v) is 8.13. The van der Waals surface area contributed by atoms with Crippen molar-refractivity contribution in [2.45, 2.75) is 38.1 Å². The van der Waals surface area contributed by atoms with Gasteiger partial charge in [0.15, 0.2) is 0 Å². The summed E-state index contributed by atoms with van der Waals surface area (Å²) in [6, 6.07) is 3.37. The molecule has 1 aromatic carbocycles. The Morgan fingerprint density at radius 3 is 2.36 bits per heavy atom. The van der Waals surface area contributed by atoms with Crippen LogP contribution in [0.15, 0.2) is 23.1 Å². The maximum atomic E-state index is 12.3. The standard InChI is InChI=1S/C13H21N3O4S.ClH/c1-9(2)6-11(8-14)15-21(19,20)12-4-5-13(16(17)18)10(3)7-12;/h4-5,7,9,11,15H,6,8,14H2,1-3H3;1H. The molecule has 0 saturated heterocycles. The van der Waals surface area contributed by atoms with Crippen molar-refractivity contribution >= 4 is 28.1 Å². The van der Waals surface area contributed by atoms with Gasteiger partial charge in [-0.2, -0.15) is 0 Å². The number of hydrogen-bond acceptors (Lipinski definition) is 5. The van der Waals surface area contributed by atoms with Crippen molar-refractivity contribution < 1.29 is 13.3 Å². The van der Waals surface area contributed by atoms with Gasteiger partial charge in [-0.25, -0.2) is 13.1 Å². The summed E-state index contributed by atoms with van der Waals surface area (Å²) in [5.74, 6) is 0.305. The third kappa shape index (κ3) is 5.53. The SMILES string of the molecule is Cc1cc(S(=O)(=O)NC(CN)CC(C)C)ccc1[N+](=O)[O-].Cl. The zero-order valence-electron chi connectivity index (χ0n) is 12.8. The summed E-state index contributed by atoms with van der Waals surface area (Å²) in [5, 5.41) is 10.8. The van der Waals surface area contributed by atoms with Gasteiger partial charge in [-0.3, -0.25) is 10.1 Å². The molecule has 0 saturated carbocycles. The Hall–Kier alpha value is -1.22. The molecule has 0 bridgehead atoms. The molecule has 0 radical (unpaired) electrons. The van der Waals surface area contributed by atoms with Crippen molar-refractivity contribution in [3.8, 4) is 0 Å². The second-order valence-corrected chi connectivity index (χ2v) is 7.10. The topological polar surface area (TPSA) is 115 Å². The van der Waals surface area contributed by atoms with Gasteiger partial charge in [-0.05, 0) is 31.4 Å². The fourth-order valence-corrected chi connectivity index (χ4v) is 3.40. The molecule has 3 N–H and O–H groups in total. The van der Waals surface area contributed by atoms with E-state index in [1.54, 1.807) is 0 Å². The van der Waals surface area contributed by atoms with Gasteiger partial charge in [-0.15, -0.1) is 12.4 Å². The molecular formula is C13H22ClN3O4S. The minimum absolute atomic E-state index is 0. The molecule has 7 nitrogen and oxygen atoms in total. The molecule has 0 aliphatic carbocycles. The summed E-state index contributed by atoms with van der Waals surface area (Å²) < 4.78 is 27.1. The van der Waals surface area contributed by atoms with E-state index in [1.165, 1.54) is 25.1 Å². The van der Waals surface area contributed by atoms with Crippen LogP contribution < -0.4 is 10.5 Å². The summed E-state index contributed by atoms with van der Waals surface area (Å²) in [5.41, 5.74) is 5.78. The molecular weight excluding hydrogens is 330 g/mol. The van der Waals surface area contributed by atoms with Crippen molar-refractivity contribution in [1.29, 1.82) is 0 Å². The van der Waals surface area contributed by atoms with Gasteiger partial charge in [0.2, 0.25) is 10.0 Å². The van der Waals surface area contributed by atoms with Crippen LogP contribution >= 0.6 is 12.4 Å². The first kappa shape index (κ1) is 20.8. The molecule has 0 fully saturated rings. The number of nitro benzene ring substituents is 1. The Morgan fingerprint density at radius 2 is 1.95 bits per heavy atom. The highest BCUT2D eigenvalue weighted by Crippen LogP contribution is 2.21. The summed E-state index contributed by atoms with van der Waals surface area (Å²) in [7, 11) is -3.73. The van der Waals surface area contributed by atoms with Gasteiger partial charge in [0.1, 0.15) is 0 Å². The molecule has 0 heterocycles. The summed E-state index contributed by atoms with van der Waals surface area (Å²) in [6.45, 7) is 5.66. The second kappa shape index (κ2) is 8.42. The molecule has 22 heavy (non-hydrogen) atoms. The molecule has 1 aromatic rings. The lowest BCUT2D eigenvalue weighted by Gasteiger charge is -2.19. The van der Waals surface area contributed by atoms with Gasteiger partial charge in [-0.1, -0.05) is 13.8 Å². The maximum absolute atomic E-state index is 12.3. The number of sulfonamides is 1. The molecule has 0 aliphatic rings. The Balaban J connectivity index is 0.00000441. The van der Waals surface area contributed by atoms with Gasteiger partial charge in [0.25, 0.3) is 5.69 Å². The summed E-state index contributed by atoms with van der Waals surface area (Å²) in [4.78, 5) is 10.2. The van der Waals surface area contributed by atoms with E-state index in [0.717, 1.165) is 0 Å². The normalized spacial score (nSPS) is 12.8. The first-order chi connectivity index (χ1) is 9.67. The smallest absolute Gasteiger partial charge is 0.272 e. The van der Waals surface area contributed by atoms with E-state index in [1.807, 2.05) is 13.8 Å². The van der Waals surface area contributed by atoms with Crippen LogP contribution in [0.5, 0.6) is 0 Å². The van der Waals surface area contributed by atoms with Gasteiger partial charge in [0.05, 0.1) is 9.82 Å². The number of halogens is 1. The molecule has 9 heteroatoms. The van der Waals surface area contributed by atoms with E-state index in [0.29, 0.717) is 17.9 Å². The predicted molar refractivity (Wildman–Crippen MR) is 87.7 cm³/mol. The molecule has 126 valence electrons. The third-order valence-corrected chi connectivity index (χ3v) is 4.56. The summed E-state index contributed by atoms with van der Waals surface area (Å²) in [6.07, 6.45) is 0.627. The monoisotopic (exact) mass is 351 g/mol. The third-order valence-electron chi connectivity index (χ3n) is 3.04. The fourth-order valence-electron chi connectivity index (χ4n) is 2.05. The summed E-state index contributed by atoms with van der Waals surface area (Å²) >= 11 is 0. The molecule has 1 unspecified atom stereocenters. The number of hydrogen-bond donors (Lipinski definition) is 2. The van der Waals surface area contributed by atoms with Crippen LogP contribution in [0.2, 0.25) is 0 Å². The van der Waals surface area contributed by atoms with Gasteiger partial charge < -0.3 is 5.73 Å². The Labute approximate surface area is 136 Å². The molecule has 0 spiro atoms. The minimum atomic E-state index is -3.73. The first-order valence-electron chi connectivity index (χ1n) is 6.64. The lowest BCUT2D eigenvalue weighted by molar-refractivity contribution is -0.385. The van der Waals surface area contributed by atoms with Crippen molar-refractivity contribution in [1.82, 2.24) is 4.72 Å². The van der Waals surface area contributed by atoms with Crippen LogP contribution in [-0.2, 0) is 10.0 Å². The van der Waals surface area contributed by atoms with Gasteiger partial charge >= 0.3 is 0 Å². The number of nitrogens with two attached hydrogens (primary N) is 1. The predicted octanol–water partition coefficient (Wildman–Crippen LogP) is 1.98. The molecule has 1 atom stereocenters. The Bertz CT molecular complexity index is 620. The second-order valence-electron chi connectivity index (χ2n) is 5.39. The highest BCUT2D eigenvalue weighted by atomic mass is 35.5. The quantitative estimate of drug-likeness (QED) is 0.575. The molecule has 0 aromatic heterocycles. The van der Waals surface area contributed by atoms with E-state index in [9.17, 15) is 18.5 Å². The number of benzene rings is 1. The number of nitrogens with one attached hydrogen (secondary N) is 1. The van der Waals surface area contributed by atoms with Crippen molar-refractivity contribution in [2.24, 2.45) is 11.7 Å². The van der Waals surface area contributed by atoms with Crippen LogP contribution in [0.1, 0.15) is 25.8 Å². The minimum Gasteiger partial charge on any atom is -0.329 e. The Kier molecular flexibility index (Phi) is 7.96. The number of nitrogens with zero attached hydrogens (tertiary/aromatic N) is 1. The van der Waals surface area contributed by atoms with E-state index >= 15 is 0 Å². The lowest BCUT2D eigenvalue weighted by Crippen LogP contribution is -2.40. The maximum Gasteiger partial charge on any atom is 0.272 e. The van der Waals surface area contributed by atoms with E-state index in [4.69, 9.17) is 5.73 Å². The van der Waals surface area contributed by atoms with E-state index in [2.05, 4.69) is 4.72 Å². The zero-order chi connectivity index (χ0) is 16.2. The van der Waals surface area contributed by atoms with Gasteiger partial charge in [0, 0.05) is 24.2 Å². The molecule has 0 amide bonds. The number of aryl methyl sites for hydroxylation is 1. The number of rotatable bonds is 7. The largest absolute Gasteiger partial charge is 0.329 e. The average molecular weight is 352 g/mol. The number of nitro groups is 1. The van der Waals surface area contributed by atoms with Crippen LogP contribution in [0.3, 0.4) is 0 Å². The molecule has 0 aliphatic heterocycles. The fraction of sp³-hybridized carbons (Fsp3) is 0.538. The lowest BCUT2D eigenvalue weighted by atomic mass is 10.1. The highest BCUT2D eigenvalue weighted by Gasteiger charge is 2.22. The van der Waals surface area contributed by atoms with Crippen LogP contribution in [0.25, 0.3) is 0 Å². The van der Waals surface area contributed by atoms with Crippen LogP contribution in [-0.4, -0.2) is 25.9 Å². The van der Waals surface area contributed by atoms with Crippen molar-refractivity contribution in [3.05, 3.63) is 33.9 Å². The highest BCUT2D eigenvalue weighted by molar-refractivity contribution is 7.89. The van der Waals surface area contributed by atoms with E-state index < -0.39 is 14.9 Å². The van der Waals surface area contributed by atoms with Crippen LogP contribution in [0.4, 0.5) is 5.69 Å². The van der Waals surface area contributed by atoms with Crippen molar-refractivity contribution in [2.75, 3.05) is 6.54 Å².